The van der Waals surface area contributed by atoms with Crippen molar-refractivity contribution in [2.24, 2.45) is 0 Å². The molecule has 0 aromatic heterocycles. The summed E-state index contributed by atoms with van der Waals surface area (Å²) in [6.07, 6.45) is 1.01. The molecule has 4 heteroatoms. The van der Waals surface area contributed by atoms with Crippen LogP contribution in [0.15, 0.2) is 42.5 Å². The largest absolute Gasteiger partial charge is 0.382 e. The molecule has 0 unspecified atom stereocenters. The number of benzene rings is 2. The van der Waals surface area contributed by atoms with Crippen molar-refractivity contribution >= 4 is 34.6 Å². The molecule has 2 aromatic carbocycles. The number of hydrogen-bond donors (Lipinski definition) is 2. The van der Waals surface area contributed by atoms with E-state index in [2.05, 4.69) is 17.6 Å². The molecule has 2 atom stereocenters. The van der Waals surface area contributed by atoms with Crippen LogP contribution in [0.2, 0.25) is 10.0 Å². The molecule has 2 aromatic rings. The molecule has 3 rings (SSSR count). The summed E-state index contributed by atoms with van der Waals surface area (Å²) in [5, 5.41) is 8.57. The first kappa shape index (κ1) is 13.6. The van der Waals surface area contributed by atoms with Crippen molar-refractivity contribution in [3.63, 3.8) is 0 Å². The Balaban J connectivity index is 1.90. The minimum atomic E-state index is 0.251. The normalized spacial score (nSPS) is 20.9. The van der Waals surface area contributed by atoms with Crippen LogP contribution >= 0.6 is 23.2 Å². The van der Waals surface area contributed by atoms with Crippen LogP contribution in [-0.4, -0.2) is 6.04 Å². The molecule has 0 radical (unpaired) electrons. The van der Waals surface area contributed by atoms with Gasteiger partial charge < -0.3 is 10.6 Å². The molecule has 104 valence electrons. The van der Waals surface area contributed by atoms with Gasteiger partial charge in [-0.2, -0.15) is 0 Å². The maximum Gasteiger partial charge on any atom is 0.0554 e. The molecule has 0 spiro atoms. The van der Waals surface area contributed by atoms with Gasteiger partial charge in [0, 0.05) is 27.5 Å². The van der Waals surface area contributed by atoms with E-state index in [1.54, 1.807) is 0 Å². The first-order valence-corrected chi connectivity index (χ1v) is 7.45. The Hall–Kier alpha value is -1.38. The zero-order valence-corrected chi connectivity index (χ0v) is 12.7. The quantitative estimate of drug-likeness (QED) is 0.781. The molecule has 0 saturated carbocycles. The van der Waals surface area contributed by atoms with Crippen molar-refractivity contribution < 1.29 is 0 Å². The fourth-order valence-electron chi connectivity index (χ4n) is 2.64. The van der Waals surface area contributed by atoms with Crippen LogP contribution < -0.4 is 10.6 Å². The van der Waals surface area contributed by atoms with E-state index >= 15 is 0 Å². The van der Waals surface area contributed by atoms with E-state index in [1.165, 1.54) is 5.56 Å². The zero-order chi connectivity index (χ0) is 14.1. The number of nitrogens with one attached hydrogen (secondary N) is 2. The lowest BCUT2D eigenvalue weighted by atomic mass is 9.93. The molecule has 20 heavy (non-hydrogen) atoms. The van der Waals surface area contributed by atoms with E-state index in [4.69, 9.17) is 23.2 Å². The maximum atomic E-state index is 6.13. The third-order valence-electron chi connectivity index (χ3n) is 3.57. The van der Waals surface area contributed by atoms with Gasteiger partial charge in [0.2, 0.25) is 0 Å². The van der Waals surface area contributed by atoms with Gasteiger partial charge in [-0.1, -0.05) is 23.2 Å². The molecular weight excluding hydrogens is 291 g/mol. The maximum absolute atomic E-state index is 6.13. The lowest BCUT2D eigenvalue weighted by Crippen LogP contribution is -2.28. The third-order valence-corrected chi connectivity index (χ3v) is 4.05. The number of halogens is 2. The molecule has 0 saturated heterocycles. The van der Waals surface area contributed by atoms with Gasteiger partial charge in [-0.25, -0.2) is 0 Å². The first-order valence-electron chi connectivity index (χ1n) is 6.70. The van der Waals surface area contributed by atoms with E-state index in [0.717, 1.165) is 27.8 Å². The fourth-order valence-corrected chi connectivity index (χ4v) is 2.95. The Morgan fingerprint density at radius 2 is 1.75 bits per heavy atom. The molecule has 1 aliphatic rings. The Morgan fingerprint density at radius 1 is 1.05 bits per heavy atom. The van der Waals surface area contributed by atoms with E-state index < -0.39 is 0 Å². The van der Waals surface area contributed by atoms with Crippen LogP contribution in [0.1, 0.15) is 24.9 Å². The summed E-state index contributed by atoms with van der Waals surface area (Å²) in [5.74, 6) is 0. The summed E-state index contributed by atoms with van der Waals surface area (Å²) in [6, 6.07) is 14.5. The highest BCUT2D eigenvalue weighted by Gasteiger charge is 2.24. The van der Waals surface area contributed by atoms with E-state index in [9.17, 15) is 0 Å². The molecule has 1 heterocycles. The van der Waals surface area contributed by atoms with Crippen molar-refractivity contribution in [1.82, 2.24) is 0 Å². The highest BCUT2D eigenvalue weighted by Crippen LogP contribution is 2.36. The topological polar surface area (TPSA) is 24.1 Å². The SMILES string of the molecule is C[C@H]1C[C@H](Nc2ccc(Cl)cc2)c2cc(Cl)ccc2N1. The van der Waals surface area contributed by atoms with Gasteiger partial charge in [0.05, 0.1) is 6.04 Å². The minimum absolute atomic E-state index is 0.251. The summed E-state index contributed by atoms with van der Waals surface area (Å²) in [6.45, 7) is 2.19. The van der Waals surface area contributed by atoms with Crippen LogP contribution in [0, 0.1) is 0 Å². The molecule has 2 N–H and O–H groups in total. The predicted molar refractivity (Wildman–Crippen MR) is 87.0 cm³/mol. The molecular formula is C16H16Cl2N2. The van der Waals surface area contributed by atoms with Crippen molar-refractivity contribution in [3.8, 4) is 0 Å². The van der Waals surface area contributed by atoms with E-state index in [1.807, 2.05) is 42.5 Å². The third kappa shape index (κ3) is 2.87. The Kier molecular flexibility index (Phi) is 3.77. The molecule has 0 amide bonds. The van der Waals surface area contributed by atoms with Crippen LogP contribution in [-0.2, 0) is 0 Å². The van der Waals surface area contributed by atoms with Gasteiger partial charge in [0.1, 0.15) is 0 Å². The van der Waals surface area contributed by atoms with Crippen LogP contribution in [0.5, 0.6) is 0 Å². The highest BCUT2D eigenvalue weighted by atomic mass is 35.5. The Labute approximate surface area is 129 Å². The summed E-state index contributed by atoms with van der Waals surface area (Å²) in [5.41, 5.74) is 3.43. The number of rotatable bonds is 2. The van der Waals surface area contributed by atoms with E-state index in [0.29, 0.717) is 6.04 Å². The number of hydrogen-bond acceptors (Lipinski definition) is 2. The summed E-state index contributed by atoms with van der Waals surface area (Å²) < 4.78 is 0. The fraction of sp³-hybridized carbons (Fsp3) is 0.250. The zero-order valence-electron chi connectivity index (χ0n) is 11.2. The van der Waals surface area contributed by atoms with Crippen molar-refractivity contribution in [1.29, 1.82) is 0 Å². The minimum Gasteiger partial charge on any atom is -0.382 e. The van der Waals surface area contributed by atoms with Gasteiger partial charge >= 0.3 is 0 Å². The smallest absolute Gasteiger partial charge is 0.0554 e. The lowest BCUT2D eigenvalue weighted by Gasteiger charge is -2.32. The Bertz CT molecular complexity index is 610. The highest BCUT2D eigenvalue weighted by molar-refractivity contribution is 6.31. The lowest BCUT2D eigenvalue weighted by molar-refractivity contribution is 0.600. The van der Waals surface area contributed by atoms with Gasteiger partial charge in [0.15, 0.2) is 0 Å². The van der Waals surface area contributed by atoms with Crippen LogP contribution in [0.4, 0.5) is 11.4 Å². The monoisotopic (exact) mass is 306 g/mol. The predicted octanol–water partition coefficient (Wildman–Crippen LogP) is 5.35. The second-order valence-corrected chi connectivity index (χ2v) is 6.09. The van der Waals surface area contributed by atoms with Gasteiger partial charge in [-0.15, -0.1) is 0 Å². The molecule has 1 aliphatic heterocycles. The van der Waals surface area contributed by atoms with Crippen LogP contribution in [0.25, 0.3) is 0 Å². The standard InChI is InChI=1S/C16H16Cl2N2/c1-10-8-16(20-13-5-2-11(17)3-6-13)14-9-12(18)4-7-15(14)19-10/h2-7,9-10,16,19-20H,8H2,1H3/t10-,16-/m0/s1. The molecule has 0 aliphatic carbocycles. The van der Waals surface area contributed by atoms with Crippen molar-refractivity contribution in [2.45, 2.75) is 25.4 Å². The van der Waals surface area contributed by atoms with Crippen molar-refractivity contribution in [3.05, 3.63) is 58.1 Å². The average Bonchev–Trinajstić information content (AvgIpc) is 2.42. The summed E-state index contributed by atoms with van der Waals surface area (Å²) in [4.78, 5) is 0. The van der Waals surface area contributed by atoms with Gasteiger partial charge in [-0.05, 0) is 61.4 Å². The molecule has 0 fully saturated rings. The Morgan fingerprint density at radius 3 is 2.50 bits per heavy atom. The average molecular weight is 307 g/mol. The van der Waals surface area contributed by atoms with Gasteiger partial charge in [-0.3, -0.25) is 0 Å². The van der Waals surface area contributed by atoms with Crippen LogP contribution in [0.3, 0.4) is 0 Å². The molecule has 2 nitrogen and oxygen atoms in total. The summed E-state index contributed by atoms with van der Waals surface area (Å²) >= 11 is 12.1. The first-order chi connectivity index (χ1) is 9.61. The van der Waals surface area contributed by atoms with E-state index in [-0.39, 0.29) is 6.04 Å². The molecule has 0 bridgehead atoms. The number of anilines is 2. The number of fused-ring (bicyclic) bond motifs is 1. The van der Waals surface area contributed by atoms with Gasteiger partial charge in [0.25, 0.3) is 0 Å². The summed E-state index contributed by atoms with van der Waals surface area (Å²) in [7, 11) is 0. The second-order valence-electron chi connectivity index (χ2n) is 5.22. The second kappa shape index (κ2) is 5.55. The van der Waals surface area contributed by atoms with Crippen molar-refractivity contribution in [2.75, 3.05) is 10.6 Å².